The third kappa shape index (κ3) is 3.72. The summed E-state index contributed by atoms with van der Waals surface area (Å²) in [4.78, 5) is 0. The topological polar surface area (TPSA) is 50.7 Å². The largest absolute Gasteiger partial charge is 0.396 e. The summed E-state index contributed by atoms with van der Waals surface area (Å²) < 4.78 is 10.9. The molecule has 0 aromatic heterocycles. The van der Waals surface area contributed by atoms with E-state index in [9.17, 15) is 0 Å². The summed E-state index contributed by atoms with van der Waals surface area (Å²) in [7, 11) is 1.73. The molecule has 4 nitrogen and oxygen atoms in total. The zero-order valence-electron chi connectivity index (χ0n) is 9.74. The average Bonchev–Trinajstić information content (AvgIpc) is 2.21. The van der Waals surface area contributed by atoms with Crippen LogP contribution >= 0.6 is 0 Å². The van der Waals surface area contributed by atoms with E-state index >= 15 is 0 Å². The van der Waals surface area contributed by atoms with Gasteiger partial charge in [-0.1, -0.05) is 0 Å². The number of aliphatic hydroxyl groups excluding tert-OH is 1. The summed E-state index contributed by atoms with van der Waals surface area (Å²) in [6.45, 7) is 3.99. The minimum Gasteiger partial charge on any atom is -0.396 e. The molecule has 0 aromatic carbocycles. The van der Waals surface area contributed by atoms with E-state index < -0.39 is 0 Å². The summed E-state index contributed by atoms with van der Waals surface area (Å²) in [6.07, 6.45) is 3.37. The van der Waals surface area contributed by atoms with Gasteiger partial charge in [-0.05, 0) is 32.7 Å². The Morgan fingerprint density at radius 3 is 2.80 bits per heavy atom. The maximum atomic E-state index is 8.64. The van der Waals surface area contributed by atoms with Crippen LogP contribution < -0.4 is 5.32 Å². The van der Waals surface area contributed by atoms with Gasteiger partial charge in [0.15, 0.2) is 0 Å². The molecule has 4 heteroatoms. The first kappa shape index (κ1) is 12.9. The molecule has 1 rings (SSSR count). The molecule has 15 heavy (non-hydrogen) atoms. The van der Waals surface area contributed by atoms with Gasteiger partial charge in [-0.2, -0.15) is 0 Å². The molecule has 0 amide bonds. The molecule has 2 N–H and O–H groups in total. The molecule has 0 aromatic rings. The standard InChI is InChI=1S/C11H23NO3/c1-3-15-10-8-9(11(10)14-2)12-6-4-5-7-13/h9-13H,3-8H2,1-2H3. The molecule has 0 aliphatic heterocycles. The first-order valence-electron chi connectivity index (χ1n) is 5.82. The lowest BCUT2D eigenvalue weighted by atomic mass is 9.85. The minimum atomic E-state index is 0.194. The second-order valence-corrected chi connectivity index (χ2v) is 3.92. The predicted octanol–water partition coefficient (Wildman–Crippen LogP) is 0.541. The van der Waals surface area contributed by atoms with Crippen molar-refractivity contribution >= 4 is 0 Å². The quantitative estimate of drug-likeness (QED) is 0.583. The van der Waals surface area contributed by atoms with Crippen molar-refractivity contribution in [1.82, 2.24) is 5.32 Å². The molecule has 0 bridgehead atoms. The van der Waals surface area contributed by atoms with Crippen molar-refractivity contribution in [2.45, 2.75) is 44.4 Å². The van der Waals surface area contributed by atoms with Gasteiger partial charge >= 0.3 is 0 Å². The Balaban J connectivity index is 2.10. The first-order chi connectivity index (χ1) is 7.33. The van der Waals surface area contributed by atoms with Crippen molar-refractivity contribution in [3.63, 3.8) is 0 Å². The summed E-state index contributed by atoms with van der Waals surface area (Å²) in [5.41, 5.74) is 0. The molecule has 1 fully saturated rings. The lowest BCUT2D eigenvalue weighted by Gasteiger charge is -2.43. The molecule has 0 saturated heterocycles. The number of hydrogen-bond donors (Lipinski definition) is 2. The zero-order valence-corrected chi connectivity index (χ0v) is 9.74. The summed E-state index contributed by atoms with van der Waals surface area (Å²) in [5.74, 6) is 0. The highest BCUT2D eigenvalue weighted by Gasteiger charge is 2.41. The van der Waals surface area contributed by atoms with Crippen LogP contribution in [0.15, 0.2) is 0 Å². The van der Waals surface area contributed by atoms with Gasteiger partial charge in [-0.15, -0.1) is 0 Å². The summed E-state index contributed by atoms with van der Waals surface area (Å²) >= 11 is 0. The number of rotatable bonds is 8. The van der Waals surface area contributed by atoms with E-state index in [0.717, 1.165) is 32.4 Å². The van der Waals surface area contributed by atoms with Gasteiger partial charge in [0.1, 0.15) is 0 Å². The Kier molecular flexibility index (Phi) is 6.17. The van der Waals surface area contributed by atoms with Crippen molar-refractivity contribution in [1.29, 1.82) is 0 Å². The van der Waals surface area contributed by atoms with E-state index in [4.69, 9.17) is 14.6 Å². The van der Waals surface area contributed by atoms with Crippen molar-refractivity contribution in [3.8, 4) is 0 Å². The summed E-state index contributed by atoms with van der Waals surface area (Å²) in [5, 5.41) is 12.1. The van der Waals surface area contributed by atoms with Crippen molar-refractivity contribution in [3.05, 3.63) is 0 Å². The maximum absolute atomic E-state index is 8.64. The fourth-order valence-corrected chi connectivity index (χ4v) is 2.00. The highest BCUT2D eigenvalue weighted by molar-refractivity contribution is 4.96. The Morgan fingerprint density at radius 1 is 1.40 bits per heavy atom. The molecule has 1 aliphatic carbocycles. The maximum Gasteiger partial charge on any atom is 0.0986 e. The van der Waals surface area contributed by atoms with Crippen LogP contribution in [0.2, 0.25) is 0 Å². The van der Waals surface area contributed by atoms with E-state index in [-0.39, 0.29) is 18.8 Å². The molecular formula is C11H23NO3. The molecule has 0 radical (unpaired) electrons. The minimum absolute atomic E-state index is 0.194. The van der Waals surface area contributed by atoms with Crippen LogP contribution in [0.3, 0.4) is 0 Å². The van der Waals surface area contributed by atoms with E-state index in [1.807, 2.05) is 6.92 Å². The van der Waals surface area contributed by atoms with Gasteiger partial charge < -0.3 is 19.9 Å². The Labute approximate surface area is 92.0 Å². The Morgan fingerprint density at radius 2 is 2.20 bits per heavy atom. The van der Waals surface area contributed by atoms with Gasteiger partial charge in [0.25, 0.3) is 0 Å². The number of unbranched alkanes of at least 4 members (excludes halogenated alkanes) is 1. The Hall–Kier alpha value is -0.160. The molecule has 1 aliphatic rings. The molecule has 0 spiro atoms. The molecule has 3 atom stereocenters. The fraction of sp³-hybridized carbons (Fsp3) is 1.00. The number of hydrogen-bond acceptors (Lipinski definition) is 4. The first-order valence-corrected chi connectivity index (χ1v) is 5.82. The van der Waals surface area contributed by atoms with Crippen molar-refractivity contribution in [2.75, 3.05) is 26.9 Å². The van der Waals surface area contributed by atoms with Gasteiger partial charge in [0.05, 0.1) is 12.2 Å². The smallest absolute Gasteiger partial charge is 0.0986 e. The normalized spacial score (nSPS) is 30.2. The molecule has 90 valence electrons. The highest BCUT2D eigenvalue weighted by atomic mass is 16.5. The van der Waals surface area contributed by atoms with E-state index in [2.05, 4.69) is 5.32 Å². The molecule has 1 saturated carbocycles. The molecule has 3 unspecified atom stereocenters. The zero-order chi connectivity index (χ0) is 11.1. The van der Waals surface area contributed by atoms with E-state index in [1.165, 1.54) is 0 Å². The van der Waals surface area contributed by atoms with E-state index in [1.54, 1.807) is 7.11 Å². The average molecular weight is 217 g/mol. The van der Waals surface area contributed by atoms with Gasteiger partial charge in [0, 0.05) is 26.4 Å². The molecular weight excluding hydrogens is 194 g/mol. The van der Waals surface area contributed by atoms with Crippen molar-refractivity contribution in [2.24, 2.45) is 0 Å². The fourth-order valence-electron chi connectivity index (χ4n) is 2.00. The third-order valence-corrected chi connectivity index (χ3v) is 2.89. The van der Waals surface area contributed by atoms with E-state index in [0.29, 0.717) is 6.04 Å². The van der Waals surface area contributed by atoms with Crippen LogP contribution in [-0.4, -0.2) is 50.2 Å². The monoisotopic (exact) mass is 217 g/mol. The Bertz CT molecular complexity index is 166. The number of methoxy groups -OCH3 is 1. The lowest BCUT2D eigenvalue weighted by molar-refractivity contribution is -0.131. The van der Waals surface area contributed by atoms with Crippen molar-refractivity contribution < 1.29 is 14.6 Å². The number of nitrogens with one attached hydrogen (secondary N) is 1. The molecule has 0 heterocycles. The van der Waals surface area contributed by atoms with Gasteiger partial charge in [-0.25, -0.2) is 0 Å². The SMILES string of the molecule is CCOC1CC(NCCCCO)C1OC. The van der Waals surface area contributed by atoms with Crippen LogP contribution in [-0.2, 0) is 9.47 Å². The number of aliphatic hydroxyl groups is 1. The number of ether oxygens (including phenoxy) is 2. The second kappa shape index (κ2) is 7.17. The van der Waals surface area contributed by atoms with Gasteiger partial charge in [-0.3, -0.25) is 0 Å². The van der Waals surface area contributed by atoms with Crippen LogP contribution in [0.25, 0.3) is 0 Å². The van der Waals surface area contributed by atoms with Crippen LogP contribution in [0, 0.1) is 0 Å². The van der Waals surface area contributed by atoms with Crippen LogP contribution in [0.5, 0.6) is 0 Å². The van der Waals surface area contributed by atoms with Gasteiger partial charge in [0.2, 0.25) is 0 Å². The van der Waals surface area contributed by atoms with Crippen LogP contribution in [0.1, 0.15) is 26.2 Å². The third-order valence-electron chi connectivity index (χ3n) is 2.89. The second-order valence-electron chi connectivity index (χ2n) is 3.92. The summed E-state index contributed by atoms with van der Waals surface area (Å²) in [6, 6.07) is 0.422. The predicted molar refractivity (Wildman–Crippen MR) is 58.9 cm³/mol. The lowest BCUT2D eigenvalue weighted by Crippen LogP contribution is -2.59. The highest BCUT2D eigenvalue weighted by Crippen LogP contribution is 2.26. The van der Waals surface area contributed by atoms with Crippen LogP contribution in [0.4, 0.5) is 0 Å².